The number of halogens is 1. The summed E-state index contributed by atoms with van der Waals surface area (Å²) >= 11 is -0.0425. The van der Waals surface area contributed by atoms with Gasteiger partial charge in [0.25, 0.3) is 5.91 Å². The van der Waals surface area contributed by atoms with Gasteiger partial charge in [0.2, 0.25) is 0 Å². The van der Waals surface area contributed by atoms with Gasteiger partial charge in [-0.15, -0.1) is 3.89 Å². The molecule has 0 radical (unpaired) electrons. The minimum Gasteiger partial charge on any atom is -0.457 e. The normalized spacial score (nSPS) is 22.2. The van der Waals surface area contributed by atoms with Crippen molar-refractivity contribution >= 4 is 18.2 Å². The van der Waals surface area contributed by atoms with Crippen LogP contribution in [0.4, 0.5) is 3.89 Å². The van der Waals surface area contributed by atoms with Crippen LogP contribution in [0.3, 0.4) is 0 Å². The molecule has 0 bridgehead atoms. The molecule has 2 unspecified atom stereocenters. The third-order valence-corrected chi connectivity index (χ3v) is 6.43. The number of carbonyl (C=O) groups excluding carboxylic acids is 1. The Kier molecular flexibility index (Phi) is 4.96. The standard InChI is InChI=1S/C22H21FN4O2S/c23-30-27-19(17-8-4-5-9-20(17)29-16-6-2-1-3-7-16)12-18(26-27)21(28)25-22-11-10-15(22)13-24-14-22/h1-9,12,15,24H,10-11,13-14H2,(H,25,28). The highest BCUT2D eigenvalue weighted by Crippen LogP contribution is 2.41. The molecule has 0 spiro atoms. The van der Waals surface area contributed by atoms with Crippen molar-refractivity contribution in [3.8, 4) is 22.8 Å². The molecule has 1 aromatic heterocycles. The third-order valence-electron chi connectivity index (χ3n) is 6.02. The highest BCUT2D eigenvalue weighted by Gasteiger charge is 2.51. The summed E-state index contributed by atoms with van der Waals surface area (Å²) in [6, 6.07) is 18.3. The number of ether oxygens (including phenoxy) is 1. The molecule has 2 atom stereocenters. The quantitative estimate of drug-likeness (QED) is 0.621. The number of carbonyl (C=O) groups is 1. The SMILES string of the molecule is O=C(NC12CCC1CNC2)c1cc(-c2ccccc2Oc2ccccc2)n(SF)n1. The molecule has 8 heteroatoms. The van der Waals surface area contributed by atoms with Gasteiger partial charge in [-0.05, 0) is 49.1 Å². The van der Waals surface area contributed by atoms with Gasteiger partial charge in [0.1, 0.15) is 11.5 Å². The van der Waals surface area contributed by atoms with E-state index < -0.39 is 0 Å². The summed E-state index contributed by atoms with van der Waals surface area (Å²) in [4.78, 5) is 12.9. The Morgan fingerprint density at radius 2 is 2.03 bits per heavy atom. The summed E-state index contributed by atoms with van der Waals surface area (Å²) in [5, 5.41) is 10.7. The molecule has 2 heterocycles. The molecule has 6 nitrogen and oxygen atoms in total. The maximum atomic E-state index is 13.7. The summed E-state index contributed by atoms with van der Waals surface area (Å²) in [5.41, 5.74) is 1.11. The van der Waals surface area contributed by atoms with Gasteiger partial charge in [0, 0.05) is 18.7 Å². The van der Waals surface area contributed by atoms with Crippen LogP contribution in [0.5, 0.6) is 11.5 Å². The van der Waals surface area contributed by atoms with Gasteiger partial charge >= 0.3 is 0 Å². The van der Waals surface area contributed by atoms with E-state index in [1.54, 1.807) is 6.07 Å². The number of amides is 1. The van der Waals surface area contributed by atoms with Crippen molar-refractivity contribution in [2.24, 2.45) is 5.92 Å². The summed E-state index contributed by atoms with van der Waals surface area (Å²) in [6.45, 7) is 1.69. The second-order valence-corrected chi connectivity index (χ2v) is 8.23. The lowest BCUT2D eigenvalue weighted by Crippen LogP contribution is -2.60. The van der Waals surface area contributed by atoms with Gasteiger partial charge in [-0.25, -0.2) is 0 Å². The monoisotopic (exact) mass is 424 g/mol. The Hall–Kier alpha value is -2.84. The minimum absolute atomic E-state index is 0.0425. The zero-order valence-electron chi connectivity index (χ0n) is 16.2. The van der Waals surface area contributed by atoms with E-state index in [0.29, 0.717) is 28.7 Å². The van der Waals surface area contributed by atoms with E-state index in [1.165, 1.54) is 0 Å². The minimum atomic E-state index is -0.279. The number of hydrogen-bond donors (Lipinski definition) is 2. The van der Waals surface area contributed by atoms with Crippen molar-refractivity contribution in [3.63, 3.8) is 0 Å². The molecule has 2 N–H and O–H groups in total. The van der Waals surface area contributed by atoms with Crippen molar-refractivity contribution in [3.05, 3.63) is 66.4 Å². The van der Waals surface area contributed by atoms with Crippen LogP contribution >= 0.6 is 12.3 Å². The fraction of sp³-hybridized carbons (Fsp3) is 0.273. The molecular formula is C22H21FN4O2S. The first kappa shape index (κ1) is 19.1. The molecule has 1 saturated heterocycles. The van der Waals surface area contributed by atoms with Crippen LogP contribution in [-0.4, -0.2) is 33.7 Å². The zero-order valence-corrected chi connectivity index (χ0v) is 17.0. The summed E-state index contributed by atoms with van der Waals surface area (Å²) < 4.78 is 20.8. The van der Waals surface area contributed by atoms with Crippen LogP contribution in [0.25, 0.3) is 11.3 Å². The van der Waals surface area contributed by atoms with Gasteiger partial charge in [-0.3, -0.25) is 4.79 Å². The largest absolute Gasteiger partial charge is 0.457 e. The number of rotatable bonds is 6. The molecule has 3 aromatic rings. The van der Waals surface area contributed by atoms with E-state index in [2.05, 4.69) is 15.7 Å². The van der Waals surface area contributed by atoms with E-state index in [9.17, 15) is 8.68 Å². The van der Waals surface area contributed by atoms with Crippen LogP contribution in [0, 0.1) is 5.92 Å². The topological polar surface area (TPSA) is 68.2 Å². The average molecular weight is 425 g/mol. The molecule has 154 valence electrons. The van der Waals surface area contributed by atoms with Crippen molar-refractivity contribution in [2.75, 3.05) is 13.1 Å². The molecule has 2 aromatic carbocycles. The maximum Gasteiger partial charge on any atom is 0.272 e. The number of benzene rings is 2. The van der Waals surface area contributed by atoms with E-state index in [0.717, 1.165) is 30.0 Å². The van der Waals surface area contributed by atoms with E-state index >= 15 is 0 Å². The highest BCUT2D eigenvalue weighted by molar-refractivity contribution is 7.92. The van der Waals surface area contributed by atoms with Crippen molar-refractivity contribution in [1.29, 1.82) is 0 Å². The lowest BCUT2D eigenvalue weighted by Gasteiger charge is -2.44. The smallest absolute Gasteiger partial charge is 0.272 e. The molecule has 1 amide bonds. The van der Waals surface area contributed by atoms with Gasteiger partial charge in [0.15, 0.2) is 18.0 Å². The Labute approximate surface area is 178 Å². The molecule has 1 aliphatic heterocycles. The van der Waals surface area contributed by atoms with Crippen molar-refractivity contribution in [1.82, 2.24) is 19.8 Å². The zero-order chi connectivity index (χ0) is 20.6. The van der Waals surface area contributed by atoms with Crippen LogP contribution in [0.15, 0.2) is 60.7 Å². The number of para-hydroxylation sites is 2. The van der Waals surface area contributed by atoms with Crippen LogP contribution in [0.2, 0.25) is 0 Å². The van der Waals surface area contributed by atoms with Gasteiger partial charge in [-0.1, -0.05) is 30.3 Å². The number of nitrogens with zero attached hydrogens (tertiary/aromatic N) is 2. The number of fused-ring (bicyclic) bond motifs is 1. The molecule has 2 aliphatic rings. The Balaban J connectivity index is 1.44. The Morgan fingerprint density at radius 1 is 1.23 bits per heavy atom. The van der Waals surface area contributed by atoms with Gasteiger partial charge in [-0.2, -0.15) is 9.19 Å². The van der Waals surface area contributed by atoms with Crippen molar-refractivity contribution in [2.45, 2.75) is 18.4 Å². The molecule has 1 saturated carbocycles. The molecule has 30 heavy (non-hydrogen) atoms. The van der Waals surface area contributed by atoms with Crippen LogP contribution in [-0.2, 0) is 0 Å². The Bertz CT molecular complexity index is 1070. The van der Waals surface area contributed by atoms with E-state index in [-0.39, 0.29) is 29.5 Å². The fourth-order valence-electron chi connectivity index (χ4n) is 4.29. The summed E-state index contributed by atoms with van der Waals surface area (Å²) in [7, 11) is 0. The second kappa shape index (κ2) is 7.77. The molecule has 1 aliphatic carbocycles. The highest BCUT2D eigenvalue weighted by atomic mass is 32.2. The van der Waals surface area contributed by atoms with Crippen LogP contribution < -0.4 is 15.4 Å². The predicted octanol–water partition coefficient (Wildman–Crippen LogP) is 4.21. The van der Waals surface area contributed by atoms with E-state index in [4.69, 9.17) is 4.74 Å². The maximum absolute atomic E-state index is 13.7. The lowest BCUT2D eigenvalue weighted by molar-refractivity contribution is 0.0759. The van der Waals surface area contributed by atoms with Crippen LogP contribution in [0.1, 0.15) is 23.3 Å². The number of aromatic nitrogens is 2. The first-order valence-corrected chi connectivity index (χ1v) is 10.6. The van der Waals surface area contributed by atoms with E-state index in [1.807, 2.05) is 54.6 Å². The van der Waals surface area contributed by atoms with Gasteiger partial charge < -0.3 is 15.4 Å². The molecular weight excluding hydrogens is 403 g/mol. The summed E-state index contributed by atoms with van der Waals surface area (Å²) in [5.74, 6) is 1.41. The average Bonchev–Trinajstić information content (AvgIpc) is 3.31. The molecule has 2 fully saturated rings. The molecule has 5 rings (SSSR count). The fourth-order valence-corrected chi connectivity index (χ4v) is 4.63. The first-order chi connectivity index (χ1) is 14.7. The Morgan fingerprint density at radius 3 is 2.77 bits per heavy atom. The number of hydrogen-bond acceptors (Lipinski definition) is 5. The lowest BCUT2D eigenvalue weighted by atomic mass is 9.69. The third kappa shape index (κ3) is 3.36. The summed E-state index contributed by atoms with van der Waals surface area (Å²) in [6.07, 6.45) is 2.06. The van der Waals surface area contributed by atoms with Gasteiger partial charge in [0.05, 0.1) is 11.2 Å². The predicted molar refractivity (Wildman–Crippen MR) is 114 cm³/mol. The first-order valence-electron chi connectivity index (χ1n) is 9.93. The number of nitrogens with one attached hydrogen (secondary N) is 2. The second-order valence-electron chi connectivity index (χ2n) is 7.74. The van der Waals surface area contributed by atoms with Crippen molar-refractivity contribution < 1.29 is 13.4 Å².